The smallest absolute Gasteiger partial charge is 0.267 e. The Hall–Kier alpha value is -2.05. The first-order valence-electron chi connectivity index (χ1n) is 9.86. The molecule has 0 N–H and O–H groups in total. The molecule has 1 aliphatic heterocycles. The number of methoxy groups -OCH3 is 1. The van der Waals surface area contributed by atoms with E-state index in [1.165, 1.54) is 18.2 Å². The first-order chi connectivity index (χ1) is 14.2. The van der Waals surface area contributed by atoms with Gasteiger partial charge in [-0.25, -0.2) is 4.99 Å². The average Bonchev–Trinajstić information content (AvgIpc) is 3.04. The monoisotopic (exact) mass is 470 g/mol. The van der Waals surface area contributed by atoms with Crippen LogP contribution in [0.3, 0.4) is 0 Å². The second kappa shape index (κ2) is 9.18. The Balaban J connectivity index is 1.73. The molecule has 0 spiro atoms. The van der Waals surface area contributed by atoms with Gasteiger partial charge in [-0.3, -0.25) is 9.69 Å². The van der Waals surface area contributed by atoms with Crippen LogP contribution in [0.15, 0.2) is 62.9 Å². The normalized spacial score (nSPS) is 20.6. The molecular formula is C23H23BrN2O2S. The number of carbonyl (C=O) groups excluding carboxylic acids is 1. The van der Waals surface area contributed by atoms with E-state index in [2.05, 4.69) is 15.9 Å². The summed E-state index contributed by atoms with van der Waals surface area (Å²) in [6.07, 6.45) is 7.56. The summed E-state index contributed by atoms with van der Waals surface area (Å²) in [6, 6.07) is 15.9. The third-order valence-electron chi connectivity index (χ3n) is 5.24. The highest BCUT2D eigenvalue weighted by atomic mass is 79.9. The van der Waals surface area contributed by atoms with Crippen molar-refractivity contribution in [1.82, 2.24) is 4.90 Å². The summed E-state index contributed by atoms with van der Waals surface area (Å²) in [7, 11) is 1.64. The molecule has 1 amide bonds. The van der Waals surface area contributed by atoms with Gasteiger partial charge < -0.3 is 4.74 Å². The predicted octanol–water partition coefficient (Wildman–Crippen LogP) is 6.39. The number of carbonyl (C=O) groups is 1. The molecule has 0 unspecified atom stereocenters. The Bertz CT molecular complexity index is 953. The van der Waals surface area contributed by atoms with Gasteiger partial charge in [-0.05, 0) is 61.0 Å². The average molecular weight is 471 g/mol. The van der Waals surface area contributed by atoms with E-state index in [9.17, 15) is 4.79 Å². The highest BCUT2D eigenvalue weighted by molar-refractivity contribution is 9.10. The maximum absolute atomic E-state index is 13.4. The van der Waals surface area contributed by atoms with Gasteiger partial charge in [0, 0.05) is 16.1 Å². The summed E-state index contributed by atoms with van der Waals surface area (Å²) in [6.45, 7) is 0. The first kappa shape index (κ1) is 20.2. The zero-order chi connectivity index (χ0) is 20.2. The van der Waals surface area contributed by atoms with Gasteiger partial charge in [0.1, 0.15) is 5.75 Å². The first-order valence-corrected chi connectivity index (χ1v) is 11.5. The Morgan fingerprint density at radius 1 is 1.14 bits per heavy atom. The molecule has 0 bridgehead atoms. The number of nitrogens with zero attached hydrogens (tertiary/aromatic N) is 2. The number of amides is 1. The number of hydrogen-bond donors (Lipinski definition) is 0. The number of thioether (sulfide) groups is 1. The summed E-state index contributed by atoms with van der Waals surface area (Å²) in [5.41, 5.74) is 1.74. The predicted molar refractivity (Wildman–Crippen MR) is 124 cm³/mol. The van der Waals surface area contributed by atoms with Gasteiger partial charge in [0.05, 0.1) is 17.7 Å². The highest BCUT2D eigenvalue weighted by Gasteiger charge is 2.38. The van der Waals surface area contributed by atoms with Crippen molar-refractivity contribution < 1.29 is 9.53 Å². The Labute approximate surface area is 184 Å². The fourth-order valence-electron chi connectivity index (χ4n) is 3.80. The molecule has 4 nitrogen and oxygen atoms in total. The van der Waals surface area contributed by atoms with Crippen molar-refractivity contribution in [3.63, 3.8) is 0 Å². The van der Waals surface area contributed by atoms with Gasteiger partial charge >= 0.3 is 0 Å². The Morgan fingerprint density at radius 3 is 2.62 bits per heavy atom. The maximum Gasteiger partial charge on any atom is 0.267 e. The molecule has 4 rings (SSSR count). The number of hydrogen-bond acceptors (Lipinski definition) is 4. The summed E-state index contributed by atoms with van der Waals surface area (Å²) in [5, 5.41) is 0.772. The third kappa shape index (κ3) is 4.59. The minimum absolute atomic E-state index is 0.0404. The van der Waals surface area contributed by atoms with Crippen molar-refractivity contribution in [3.8, 4) is 5.75 Å². The number of rotatable bonds is 4. The summed E-state index contributed by atoms with van der Waals surface area (Å²) in [4.78, 5) is 20.8. The molecule has 1 saturated carbocycles. The van der Waals surface area contributed by atoms with Crippen LogP contribution >= 0.6 is 27.7 Å². The van der Waals surface area contributed by atoms with Crippen LogP contribution in [0.25, 0.3) is 6.08 Å². The molecule has 0 aromatic heterocycles. The van der Waals surface area contributed by atoms with Crippen molar-refractivity contribution in [3.05, 3.63) is 63.5 Å². The number of ether oxygens (including phenoxy) is 1. The molecule has 2 fully saturated rings. The van der Waals surface area contributed by atoms with Gasteiger partial charge in [0.25, 0.3) is 5.91 Å². The van der Waals surface area contributed by atoms with Crippen molar-refractivity contribution in [1.29, 1.82) is 0 Å². The van der Waals surface area contributed by atoms with E-state index in [0.717, 1.165) is 52.3 Å². The van der Waals surface area contributed by atoms with Crippen LogP contribution in [-0.2, 0) is 4.79 Å². The van der Waals surface area contributed by atoms with Crippen LogP contribution in [-0.4, -0.2) is 29.1 Å². The lowest BCUT2D eigenvalue weighted by Gasteiger charge is -2.30. The largest absolute Gasteiger partial charge is 0.496 e. The molecule has 1 heterocycles. The molecule has 6 heteroatoms. The van der Waals surface area contributed by atoms with Crippen molar-refractivity contribution >= 4 is 50.5 Å². The molecule has 2 aromatic carbocycles. The van der Waals surface area contributed by atoms with E-state index in [4.69, 9.17) is 9.73 Å². The number of amidine groups is 1. The number of halogens is 1. The van der Waals surface area contributed by atoms with Gasteiger partial charge in [-0.2, -0.15) is 0 Å². The molecule has 1 aliphatic carbocycles. The van der Waals surface area contributed by atoms with Crippen molar-refractivity contribution in [2.45, 2.75) is 38.1 Å². The molecule has 2 aliphatic rings. The second-order valence-corrected chi connectivity index (χ2v) is 9.12. The minimum Gasteiger partial charge on any atom is -0.496 e. The lowest BCUT2D eigenvalue weighted by atomic mass is 9.94. The van der Waals surface area contributed by atoms with Gasteiger partial charge in [-0.1, -0.05) is 53.4 Å². The van der Waals surface area contributed by atoms with E-state index < -0.39 is 0 Å². The number of para-hydroxylation sites is 1. The number of benzene rings is 2. The zero-order valence-corrected chi connectivity index (χ0v) is 18.7. The van der Waals surface area contributed by atoms with Crippen molar-refractivity contribution in [2.24, 2.45) is 4.99 Å². The zero-order valence-electron chi connectivity index (χ0n) is 16.3. The van der Waals surface area contributed by atoms with Crippen LogP contribution in [0, 0.1) is 0 Å². The lowest BCUT2D eigenvalue weighted by Crippen LogP contribution is -2.40. The van der Waals surface area contributed by atoms with E-state index in [1.54, 1.807) is 7.11 Å². The molecule has 1 saturated heterocycles. The summed E-state index contributed by atoms with van der Waals surface area (Å²) < 4.78 is 6.43. The SMILES string of the molecule is COc1ccc(Br)cc1/C=C1\SC(=Nc2ccccc2)N(C2CCCCC2)C1=O. The molecule has 150 valence electrons. The molecule has 29 heavy (non-hydrogen) atoms. The van der Waals surface area contributed by atoms with E-state index in [0.29, 0.717) is 4.91 Å². The third-order valence-corrected chi connectivity index (χ3v) is 6.71. The lowest BCUT2D eigenvalue weighted by molar-refractivity contribution is -0.124. The Kier molecular flexibility index (Phi) is 6.40. The number of aliphatic imine (C=N–C) groups is 1. The van der Waals surface area contributed by atoms with Crippen molar-refractivity contribution in [2.75, 3.05) is 7.11 Å². The molecule has 0 atom stereocenters. The van der Waals surface area contributed by atoms with Crippen LogP contribution in [0.1, 0.15) is 37.7 Å². The molecular weight excluding hydrogens is 448 g/mol. The van der Waals surface area contributed by atoms with Gasteiger partial charge in [0.15, 0.2) is 5.17 Å². The van der Waals surface area contributed by atoms with E-state index >= 15 is 0 Å². The van der Waals surface area contributed by atoms with Gasteiger partial charge in [-0.15, -0.1) is 0 Å². The summed E-state index contributed by atoms with van der Waals surface area (Å²) >= 11 is 4.96. The molecule has 2 aromatic rings. The summed E-state index contributed by atoms with van der Waals surface area (Å²) in [5.74, 6) is 0.783. The standard InChI is InChI=1S/C23H23BrN2O2S/c1-28-20-13-12-17(24)14-16(20)15-21-22(27)26(19-10-6-3-7-11-19)23(29-21)25-18-8-4-2-5-9-18/h2,4-5,8-9,12-15,19H,3,6-7,10-11H2,1H3/b21-15-,25-23?. The van der Waals surface area contributed by atoms with E-state index in [-0.39, 0.29) is 11.9 Å². The van der Waals surface area contributed by atoms with Crippen LogP contribution < -0.4 is 4.74 Å². The van der Waals surface area contributed by atoms with E-state index in [1.807, 2.05) is 59.5 Å². The fraction of sp³-hybridized carbons (Fsp3) is 0.304. The topological polar surface area (TPSA) is 41.9 Å². The van der Waals surface area contributed by atoms with Gasteiger partial charge in [0.2, 0.25) is 0 Å². The Morgan fingerprint density at radius 2 is 1.90 bits per heavy atom. The fourth-order valence-corrected chi connectivity index (χ4v) is 5.23. The second-order valence-electron chi connectivity index (χ2n) is 7.19. The van der Waals surface area contributed by atoms with Crippen LogP contribution in [0.5, 0.6) is 5.75 Å². The van der Waals surface area contributed by atoms with Crippen LogP contribution in [0.2, 0.25) is 0 Å². The van der Waals surface area contributed by atoms with Crippen LogP contribution in [0.4, 0.5) is 5.69 Å². The highest BCUT2D eigenvalue weighted by Crippen LogP contribution is 2.39. The minimum atomic E-state index is 0.0404. The maximum atomic E-state index is 13.4. The quantitative estimate of drug-likeness (QED) is 0.485. The molecule has 0 radical (unpaired) electrons.